The number of nitrogens with one attached hydrogen (secondary N) is 1. The summed E-state index contributed by atoms with van der Waals surface area (Å²) < 4.78 is 2.03. The summed E-state index contributed by atoms with van der Waals surface area (Å²) in [6.45, 7) is 3.75. The molecule has 1 N–H and O–H groups in total. The van der Waals surface area contributed by atoms with E-state index in [1.807, 2.05) is 11.6 Å². The zero-order chi connectivity index (χ0) is 8.27. The van der Waals surface area contributed by atoms with Gasteiger partial charge in [0.15, 0.2) is 5.15 Å². The van der Waals surface area contributed by atoms with E-state index >= 15 is 0 Å². The molecule has 1 rings (SSSR count). The Labute approximate surface area is 71.4 Å². The summed E-state index contributed by atoms with van der Waals surface area (Å²) in [6, 6.07) is 0. The number of imidazole rings is 1. The van der Waals surface area contributed by atoms with Crippen molar-refractivity contribution in [3.05, 3.63) is 17.2 Å². The summed E-state index contributed by atoms with van der Waals surface area (Å²) in [5.41, 5.74) is 1.05. The fraction of sp³-hybridized carbons (Fsp3) is 0.571. The van der Waals surface area contributed by atoms with Crippen LogP contribution in [-0.4, -0.2) is 16.6 Å². The first kappa shape index (κ1) is 8.56. The second-order valence-corrected chi connectivity index (χ2v) is 2.66. The second kappa shape index (κ2) is 3.74. The highest BCUT2D eigenvalue weighted by Gasteiger charge is 2.05. The summed E-state index contributed by atoms with van der Waals surface area (Å²) in [5.74, 6) is 0. The van der Waals surface area contributed by atoms with Crippen LogP contribution >= 0.6 is 11.6 Å². The molecule has 0 aliphatic rings. The smallest absolute Gasteiger partial charge is 0.151 e. The highest BCUT2D eigenvalue weighted by atomic mass is 35.5. The highest BCUT2D eigenvalue weighted by molar-refractivity contribution is 6.30. The van der Waals surface area contributed by atoms with Crippen molar-refractivity contribution in [2.75, 3.05) is 7.05 Å². The van der Waals surface area contributed by atoms with Gasteiger partial charge in [-0.15, -0.1) is 0 Å². The summed E-state index contributed by atoms with van der Waals surface area (Å²) in [5, 5.41) is 3.64. The van der Waals surface area contributed by atoms with Crippen LogP contribution in [0.3, 0.4) is 0 Å². The molecule has 1 aromatic rings. The van der Waals surface area contributed by atoms with E-state index in [0.29, 0.717) is 5.15 Å². The Morgan fingerprint density at radius 3 is 3.00 bits per heavy atom. The molecule has 0 radical (unpaired) electrons. The standard InChI is InChI=1S/C7H12ClN3/c1-3-11-5-10-7(8)6(11)4-9-2/h5,9H,3-4H2,1-2H3. The van der Waals surface area contributed by atoms with Gasteiger partial charge in [0.1, 0.15) is 0 Å². The van der Waals surface area contributed by atoms with Crippen molar-refractivity contribution in [2.45, 2.75) is 20.0 Å². The topological polar surface area (TPSA) is 29.9 Å². The summed E-state index contributed by atoms with van der Waals surface area (Å²) in [7, 11) is 1.89. The largest absolute Gasteiger partial charge is 0.332 e. The first-order valence-corrected chi connectivity index (χ1v) is 4.01. The molecular weight excluding hydrogens is 162 g/mol. The molecule has 0 fully saturated rings. The molecule has 4 heteroatoms. The number of aromatic nitrogens is 2. The van der Waals surface area contributed by atoms with E-state index in [0.717, 1.165) is 18.8 Å². The van der Waals surface area contributed by atoms with E-state index in [2.05, 4.69) is 17.2 Å². The average Bonchev–Trinajstić information content (AvgIpc) is 2.34. The minimum atomic E-state index is 0.598. The Balaban J connectivity index is 2.88. The van der Waals surface area contributed by atoms with Crippen LogP contribution < -0.4 is 5.32 Å². The Bertz CT molecular complexity index is 232. The number of hydrogen-bond donors (Lipinski definition) is 1. The van der Waals surface area contributed by atoms with Gasteiger partial charge in [-0.1, -0.05) is 11.6 Å². The molecule has 1 aromatic heterocycles. The van der Waals surface area contributed by atoms with Crippen LogP contribution in [0.4, 0.5) is 0 Å². The molecule has 0 unspecified atom stereocenters. The SMILES string of the molecule is CCn1cnc(Cl)c1CNC. The first-order valence-electron chi connectivity index (χ1n) is 3.63. The zero-order valence-electron chi connectivity index (χ0n) is 6.76. The van der Waals surface area contributed by atoms with Crippen LogP contribution in [0.1, 0.15) is 12.6 Å². The molecule has 0 aliphatic heterocycles. The number of rotatable bonds is 3. The lowest BCUT2D eigenvalue weighted by atomic mass is 10.4. The van der Waals surface area contributed by atoms with Crippen LogP contribution in [0.25, 0.3) is 0 Å². The van der Waals surface area contributed by atoms with Gasteiger partial charge in [-0.2, -0.15) is 0 Å². The van der Waals surface area contributed by atoms with Gasteiger partial charge >= 0.3 is 0 Å². The lowest BCUT2D eigenvalue weighted by molar-refractivity contribution is 0.674. The normalized spacial score (nSPS) is 10.5. The van der Waals surface area contributed by atoms with Crippen LogP contribution in [0.5, 0.6) is 0 Å². The quantitative estimate of drug-likeness (QED) is 0.747. The number of aryl methyl sites for hydroxylation is 1. The molecule has 0 bridgehead atoms. The molecule has 1 heterocycles. The lowest BCUT2D eigenvalue weighted by Crippen LogP contribution is -2.10. The maximum Gasteiger partial charge on any atom is 0.151 e. The van der Waals surface area contributed by atoms with Crippen molar-refractivity contribution >= 4 is 11.6 Å². The van der Waals surface area contributed by atoms with Crippen LogP contribution in [0.15, 0.2) is 6.33 Å². The molecule has 3 nitrogen and oxygen atoms in total. The van der Waals surface area contributed by atoms with E-state index < -0.39 is 0 Å². The minimum Gasteiger partial charge on any atom is -0.332 e. The average molecular weight is 174 g/mol. The van der Waals surface area contributed by atoms with E-state index in [9.17, 15) is 0 Å². The molecule has 0 amide bonds. The Morgan fingerprint density at radius 1 is 1.73 bits per heavy atom. The third-order valence-electron chi connectivity index (χ3n) is 1.58. The van der Waals surface area contributed by atoms with E-state index in [4.69, 9.17) is 11.6 Å². The number of halogens is 1. The molecule has 62 valence electrons. The van der Waals surface area contributed by atoms with E-state index in [-0.39, 0.29) is 0 Å². The third-order valence-corrected chi connectivity index (χ3v) is 1.90. The molecular formula is C7H12ClN3. The predicted octanol–water partition coefficient (Wildman–Crippen LogP) is 1.28. The van der Waals surface area contributed by atoms with Gasteiger partial charge < -0.3 is 9.88 Å². The van der Waals surface area contributed by atoms with Crippen molar-refractivity contribution in [3.63, 3.8) is 0 Å². The fourth-order valence-corrected chi connectivity index (χ4v) is 1.22. The maximum absolute atomic E-state index is 5.83. The maximum atomic E-state index is 5.83. The predicted molar refractivity (Wildman–Crippen MR) is 45.7 cm³/mol. The molecule has 0 aromatic carbocycles. The van der Waals surface area contributed by atoms with Crippen molar-refractivity contribution in [3.8, 4) is 0 Å². The molecule has 0 atom stereocenters. The second-order valence-electron chi connectivity index (χ2n) is 2.30. The summed E-state index contributed by atoms with van der Waals surface area (Å²) in [6.07, 6.45) is 1.76. The van der Waals surface area contributed by atoms with Crippen LogP contribution in [-0.2, 0) is 13.1 Å². The van der Waals surface area contributed by atoms with Gasteiger partial charge in [0.05, 0.1) is 12.0 Å². The zero-order valence-corrected chi connectivity index (χ0v) is 7.52. The van der Waals surface area contributed by atoms with Crippen LogP contribution in [0, 0.1) is 0 Å². The summed E-state index contributed by atoms with van der Waals surface area (Å²) >= 11 is 5.83. The van der Waals surface area contributed by atoms with Gasteiger partial charge in [-0.05, 0) is 14.0 Å². The monoisotopic (exact) mass is 173 g/mol. The minimum absolute atomic E-state index is 0.598. The highest BCUT2D eigenvalue weighted by Crippen LogP contribution is 2.12. The molecule has 0 aliphatic carbocycles. The lowest BCUT2D eigenvalue weighted by Gasteiger charge is -2.03. The molecule has 0 spiro atoms. The Hall–Kier alpha value is -0.540. The van der Waals surface area contributed by atoms with Gasteiger partial charge in [-0.3, -0.25) is 0 Å². The van der Waals surface area contributed by atoms with Crippen molar-refractivity contribution in [1.82, 2.24) is 14.9 Å². The van der Waals surface area contributed by atoms with Gasteiger partial charge in [0.25, 0.3) is 0 Å². The Morgan fingerprint density at radius 2 is 2.45 bits per heavy atom. The van der Waals surface area contributed by atoms with Crippen molar-refractivity contribution in [2.24, 2.45) is 0 Å². The summed E-state index contributed by atoms with van der Waals surface area (Å²) in [4.78, 5) is 3.99. The number of nitrogens with zero attached hydrogens (tertiary/aromatic N) is 2. The molecule has 0 saturated heterocycles. The number of hydrogen-bond acceptors (Lipinski definition) is 2. The molecule has 0 saturated carbocycles. The van der Waals surface area contributed by atoms with Crippen molar-refractivity contribution in [1.29, 1.82) is 0 Å². The first-order chi connectivity index (χ1) is 5.29. The molecule has 11 heavy (non-hydrogen) atoms. The van der Waals surface area contributed by atoms with E-state index in [1.54, 1.807) is 6.33 Å². The Kier molecular flexibility index (Phi) is 2.91. The third kappa shape index (κ3) is 1.73. The fourth-order valence-electron chi connectivity index (χ4n) is 0.998. The van der Waals surface area contributed by atoms with Gasteiger partial charge in [-0.25, -0.2) is 4.98 Å². The van der Waals surface area contributed by atoms with Gasteiger partial charge in [0.2, 0.25) is 0 Å². The van der Waals surface area contributed by atoms with E-state index in [1.165, 1.54) is 0 Å². The van der Waals surface area contributed by atoms with Crippen molar-refractivity contribution < 1.29 is 0 Å². The van der Waals surface area contributed by atoms with Gasteiger partial charge in [0, 0.05) is 13.1 Å². The van der Waals surface area contributed by atoms with Crippen LogP contribution in [0.2, 0.25) is 5.15 Å².